The second-order valence-corrected chi connectivity index (χ2v) is 8.46. The number of hydrogen-bond donors (Lipinski definition) is 3. The lowest BCUT2D eigenvalue weighted by atomic mass is 9.99. The molecule has 0 radical (unpaired) electrons. The number of carboxylic acid groups (broad SMARTS) is 1. The van der Waals surface area contributed by atoms with E-state index < -0.39 is 5.97 Å². The van der Waals surface area contributed by atoms with Gasteiger partial charge in [-0.1, -0.05) is 6.07 Å². The van der Waals surface area contributed by atoms with E-state index in [1.54, 1.807) is 31.5 Å². The van der Waals surface area contributed by atoms with E-state index in [2.05, 4.69) is 15.3 Å². The fourth-order valence-corrected chi connectivity index (χ4v) is 4.12. The number of carboxylic acids is 1. The second kappa shape index (κ2) is 9.42. The molecule has 0 saturated heterocycles. The van der Waals surface area contributed by atoms with Crippen LogP contribution >= 0.6 is 0 Å². The van der Waals surface area contributed by atoms with Gasteiger partial charge in [0.05, 0.1) is 17.1 Å². The summed E-state index contributed by atoms with van der Waals surface area (Å²) in [6.07, 6.45) is 3.10. The van der Waals surface area contributed by atoms with Gasteiger partial charge in [0.1, 0.15) is 11.3 Å². The highest BCUT2D eigenvalue weighted by Gasteiger charge is 2.19. The van der Waals surface area contributed by atoms with Crippen molar-refractivity contribution in [2.75, 3.05) is 18.1 Å². The number of aromatic carboxylic acids is 1. The number of aryl methyl sites for hydroxylation is 2. The van der Waals surface area contributed by atoms with Gasteiger partial charge >= 0.3 is 5.97 Å². The number of carbonyl (C=O) groups is 1. The third kappa shape index (κ3) is 4.63. The standard InChI is InChI=1S/C27H26N4O4/c1-14-8-19(16(3)31-21-6-5-7-30-25(21)27(33)34)26-20(9-14)22(32)12-23(35-26)17-10-15(2)24(28)18(11-17)13-29-4/h5-13,16,31H,28H2,1-4H3,(H,33,34)/t16-/m1/s1. The van der Waals surface area contributed by atoms with Crippen LogP contribution in [0.2, 0.25) is 0 Å². The zero-order chi connectivity index (χ0) is 25.3. The Kier molecular flexibility index (Phi) is 6.38. The number of aromatic nitrogens is 1. The minimum atomic E-state index is -1.13. The van der Waals surface area contributed by atoms with Crippen molar-refractivity contribution in [1.82, 2.24) is 4.98 Å². The first-order valence-corrected chi connectivity index (χ1v) is 11.1. The highest BCUT2D eigenvalue weighted by atomic mass is 16.4. The molecule has 2 aromatic heterocycles. The van der Waals surface area contributed by atoms with Crippen LogP contribution in [0.15, 0.2) is 62.9 Å². The van der Waals surface area contributed by atoms with Crippen LogP contribution in [0.4, 0.5) is 11.4 Å². The Labute approximate surface area is 202 Å². The van der Waals surface area contributed by atoms with Gasteiger partial charge in [0.2, 0.25) is 0 Å². The molecule has 0 aliphatic carbocycles. The molecule has 178 valence electrons. The number of rotatable bonds is 6. The SMILES string of the molecule is CN=Cc1cc(-c2cc(=O)c3cc(C)cc([C@@H](C)Nc4cccnc4C(=O)O)c3o2)cc(C)c1N. The van der Waals surface area contributed by atoms with E-state index in [-0.39, 0.29) is 17.2 Å². The maximum Gasteiger partial charge on any atom is 0.356 e. The van der Waals surface area contributed by atoms with E-state index in [0.29, 0.717) is 33.7 Å². The van der Waals surface area contributed by atoms with Gasteiger partial charge in [0, 0.05) is 47.9 Å². The van der Waals surface area contributed by atoms with Crippen molar-refractivity contribution in [3.05, 3.63) is 86.8 Å². The largest absolute Gasteiger partial charge is 0.476 e. The summed E-state index contributed by atoms with van der Waals surface area (Å²) in [5, 5.41) is 13.1. The van der Waals surface area contributed by atoms with Crippen LogP contribution < -0.4 is 16.5 Å². The fourth-order valence-electron chi connectivity index (χ4n) is 4.12. The lowest BCUT2D eigenvalue weighted by Gasteiger charge is -2.19. The first-order chi connectivity index (χ1) is 16.7. The molecule has 4 aromatic rings. The lowest BCUT2D eigenvalue weighted by molar-refractivity contribution is 0.0691. The zero-order valence-electron chi connectivity index (χ0n) is 19.9. The third-order valence-electron chi connectivity index (χ3n) is 5.82. The highest BCUT2D eigenvalue weighted by molar-refractivity contribution is 5.92. The van der Waals surface area contributed by atoms with Crippen molar-refractivity contribution in [2.24, 2.45) is 4.99 Å². The molecule has 4 rings (SSSR count). The Morgan fingerprint density at radius 1 is 1.23 bits per heavy atom. The predicted molar refractivity (Wildman–Crippen MR) is 139 cm³/mol. The van der Waals surface area contributed by atoms with E-state index in [1.165, 1.54) is 12.3 Å². The maximum atomic E-state index is 13.1. The van der Waals surface area contributed by atoms with Gasteiger partial charge in [0.15, 0.2) is 11.1 Å². The van der Waals surface area contributed by atoms with E-state index in [9.17, 15) is 14.7 Å². The minimum Gasteiger partial charge on any atom is -0.476 e. The van der Waals surface area contributed by atoms with E-state index >= 15 is 0 Å². The van der Waals surface area contributed by atoms with Gasteiger partial charge in [-0.05, 0) is 62.2 Å². The van der Waals surface area contributed by atoms with E-state index in [4.69, 9.17) is 10.2 Å². The number of nitrogen functional groups attached to an aromatic ring is 1. The summed E-state index contributed by atoms with van der Waals surface area (Å²) in [5.41, 5.74) is 11.2. The van der Waals surface area contributed by atoms with Crippen molar-refractivity contribution in [2.45, 2.75) is 26.8 Å². The molecule has 2 heterocycles. The molecule has 0 aliphatic heterocycles. The third-order valence-corrected chi connectivity index (χ3v) is 5.82. The van der Waals surface area contributed by atoms with Crippen LogP contribution in [0.3, 0.4) is 0 Å². The number of benzene rings is 2. The maximum absolute atomic E-state index is 13.1. The number of aliphatic imine (C=N–C) groups is 1. The number of pyridine rings is 1. The van der Waals surface area contributed by atoms with Crippen LogP contribution in [0.25, 0.3) is 22.3 Å². The molecular weight excluding hydrogens is 444 g/mol. The van der Waals surface area contributed by atoms with Gasteiger partial charge in [-0.25, -0.2) is 9.78 Å². The molecular formula is C27H26N4O4. The summed E-state index contributed by atoms with van der Waals surface area (Å²) >= 11 is 0. The van der Waals surface area contributed by atoms with Crippen LogP contribution in [0, 0.1) is 13.8 Å². The Balaban J connectivity index is 1.88. The van der Waals surface area contributed by atoms with Gasteiger partial charge in [-0.3, -0.25) is 9.79 Å². The zero-order valence-corrected chi connectivity index (χ0v) is 19.9. The molecule has 0 amide bonds. The molecule has 8 nitrogen and oxygen atoms in total. The topological polar surface area (TPSA) is 131 Å². The van der Waals surface area contributed by atoms with Crippen molar-refractivity contribution in [1.29, 1.82) is 0 Å². The molecule has 0 spiro atoms. The minimum absolute atomic E-state index is 0.0825. The molecule has 8 heteroatoms. The van der Waals surface area contributed by atoms with Crippen molar-refractivity contribution < 1.29 is 14.3 Å². The smallest absolute Gasteiger partial charge is 0.356 e. The summed E-state index contributed by atoms with van der Waals surface area (Å²) in [6, 6.07) is 11.8. The van der Waals surface area contributed by atoms with Crippen molar-refractivity contribution >= 4 is 34.5 Å². The van der Waals surface area contributed by atoms with Gasteiger partial charge in [0.25, 0.3) is 0 Å². The van der Waals surface area contributed by atoms with E-state index in [0.717, 1.165) is 22.3 Å². The van der Waals surface area contributed by atoms with Crippen molar-refractivity contribution in [3.63, 3.8) is 0 Å². The first-order valence-electron chi connectivity index (χ1n) is 11.1. The summed E-state index contributed by atoms with van der Waals surface area (Å²) in [6.45, 7) is 5.66. The molecule has 0 bridgehead atoms. The monoisotopic (exact) mass is 470 g/mol. The molecule has 1 atom stereocenters. The summed E-state index contributed by atoms with van der Waals surface area (Å²) in [5.74, 6) is -0.727. The average Bonchev–Trinajstić information content (AvgIpc) is 2.82. The molecule has 2 aromatic carbocycles. The number of fused-ring (bicyclic) bond motifs is 1. The van der Waals surface area contributed by atoms with Crippen LogP contribution in [-0.4, -0.2) is 29.3 Å². The molecule has 0 saturated carbocycles. The highest BCUT2D eigenvalue weighted by Crippen LogP contribution is 2.32. The summed E-state index contributed by atoms with van der Waals surface area (Å²) < 4.78 is 6.32. The molecule has 0 aliphatic rings. The van der Waals surface area contributed by atoms with E-state index in [1.807, 2.05) is 39.0 Å². The Hall–Kier alpha value is -4.46. The Bertz CT molecular complexity index is 1540. The number of nitrogens with zero attached hydrogens (tertiary/aromatic N) is 2. The average molecular weight is 471 g/mol. The molecule has 0 fully saturated rings. The van der Waals surface area contributed by atoms with Gasteiger partial charge in [-0.15, -0.1) is 0 Å². The molecule has 4 N–H and O–H groups in total. The second-order valence-electron chi connectivity index (χ2n) is 8.46. The normalized spacial score (nSPS) is 12.2. The van der Waals surface area contributed by atoms with Gasteiger partial charge < -0.3 is 20.6 Å². The summed E-state index contributed by atoms with van der Waals surface area (Å²) in [4.78, 5) is 32.8. The van der Waals surface area contributed by atoms with Crippen LogP contribution in [0.1, 0.15) is 45.7 Å². The number of hydrogen-bond acceptors (Lipinski definition) is 7. The Morgan fingerprint density at radius 2 is 2.00 bits per heavy atom. The van der Waals surface area contributed by atoms with Gasteiger partial charge in [-0.2, -0.15) is 0 Å². The van der Waals surface area contributed by atoms with Crippen molar-refractivity contribution in [3.8, 4) is 11.3 Å². The van der Waals surface area contributed by atoms with Crippen LogP contribution in [0.5, 0.6) is 0 Å². The first kappa shape index (κ1) is 23.7. The number of anilines is 2. The number of nitrogens with two attached hydrogens (primary N) is 1. The molecule has 0 unspecified atom stereocenters. The quantitative estimate of drug-likeness (QED) is 0.268. The Morgan fingerprint density at radius 3 is 2.71 bits per heavy atom. The fraction of sp³-hybridized carbons (Fsp3) is 0.185. The number of nitrogens with one attached hydrogen (secondary N) is 1. The predicted octanol–water partition coefficient (Wildman–Crippen LogP) is 4.97. The molecule has 35 heavy (non-hydrogen) atoms. The van der Waals surface area contributed by atoms with Crippen LogP contribution in [-0.2, 0) is 0 Å². The lowest BCUT2D eigenvalue weighted by Crippen LogP contribution is -2.13. The summed E-state index contributed by atoms with van der Waals surface area (Å²) in [7, 11) is 1.67.